The summed E-state index contributed by atoms with van der Waals surface area (Å²) in [5.41, 5.74) is 0.612. The maximum atomic E-state index is 13.3. The molecule has 9 nitrogen and oxygen atoms in total. The van der Waals surface area contributed by atoms with E-state index < -0.39 is 23.6 Å². The molecule has 2 N–H and O–H groups in total. The summed E-state index contributed by atoms with van der Waals surface area (Å²) in [5.74, 6) is 0.642. The van der Waals surface area contributed by atoms with Crippen LogP contribution in [-0.4, -0.2) is 37.4 Å². The van der Waals surface area contributed by atoms with E-state index in [0.717, 1.165) is 0 Å². The number of ether oxygens (including phenoxy) is 4. The van der Waals surface area contributed by atoms with Crippen molar-refractivity contribution < 1.29 is 33.3 Å². The van der Waals surface area contributed by atoms with Crippen LogP contribution < -0.4 is 29.9 Å². The number of nitrogens with one attached hydrogen (secondary N) is 1. The highest BCUT2D eigenvalue weighted by Gasteiger charge is 2.43. The Bertz CT molecular complexity index is 1300. The predicted molar refractivity (Wildman–Crippen MR) is 117 cm³/mol. The third-order valence-electron chi connectivity index (χ3n) is 5.57. The number of aryl methyl sites for hydroxylation is 1. The Labute approximate surface area is 188 Å². The first-order valence-corrected chi connectivity index (χ1v) is 10.3. The van der Waals surface area contributed by atoms with Crippen LogP contribution in [0.4, 0.5) is 5.69 Å². The van der Waals surface area contributed by atoms with E-state index in [1.54, 1.807) is 43.3 Å². The molecule has 0 spiro atoms. The van der Waals surface area contributed by atoms with Crippen molar-refractivity contribution in [3.8, 4) is 28.7 Å². The highest BCUT2D eigenvalue weighted by atomic mass is 16.6. The van der Waals surface area contributed by atoms with Gasteiger partial charge in [-0.2, -0.15) is 0 Å². The summed E-state index contributed by atoms with van der Waals surface area (Å²) in [6.07, 6.45) is -1.08. The fourth-order valence-corrected chi connectivity index (χ4v) is 4.11. The van der Waals surface area contributed by atoms with Gasteiger partial charge in [0.15, 0.2) is 29.1 Å². The minimum atomic E-state index is -1.08. The van der Waals surface area contributed by atoms with Crippen LogP contribution in [0.15, 0.2) is 51.7 Å². The van der Waals surface area contributed by atoms with E-state index >= 15 is 0 Å². The summed E-state index contributed by atoms with van der Waals surface area (Å²) in [6, 6.07) is 11.3. The molecule has 2 atom stereocenters. The molecule has 9 heteroatoms. The number of aromatic hydroxyl groups is 1. The fraction of sp³-hybridized carbons (Fsp3) is 0.250. The Balaban J connectivity index is 1.51. The highest BCUT2D eigenvalue weighted by molar-refractivity contribution is 5.96. The zero-order chi connectivity index (χ0) is 23.1. The first-order valence-electron chi connectivity index (χ1n) is 10.3. The molecule has 33 heavy (non-hydrogen) atoms. The molecule has 1 amide bonds. The molecule has 0 saturated carbocycles. The first-order chi connectivity index (χ1) is 15.9. The number of benzene rings is 2. The number of phenolic OH excluding ortho intramolecular Hbond substituents is 1. The molecular formula is C24H21NO8. The molecule has 2 aliphatic heterocycles. The number of amides is 1. The second-order valence-corrected chi connectivity index (χ2v) is 7.72. The molecule has 0 saturated heterocycles. The Kier molecular flexibility index (Phi) is 5.08. The second-order valence-electron chi connectivity index (χ2n) is 7.72. The third-order valence-corrected chi connectivity index (χ3v) is 5.57. The number of fused-ring (bicyclic) bond motifs is 2. The van der Waals surface area contributed by atoms with Crippen LogP contribution in [-0.2, 0) is 4.79 Å². The molecule has 2 aliphatic rings. The SMILES string of the molecule is COc1ccc([C@H]2c3c(cc(C)oc3=O)O[C@H]2C(=O)Nc2ccc3c(c2)OCCO3)cc1O. The van der Waals surface area contributed by atoms with Gasteiger partial charge in [-0.3, -0.25) is 4.79 Å². The topological polar surface area (TPSA) is 116 Å². The lowest BCUT2D eigenvalue weighted by atomic mass is 9.88. The average molecular weight is 451 g/mol. The van der Waals surface area contributed by atoms with E-state index in [1.807, 2.05) is 0 Å². The van der Waals surface area contributed by atoms with Crippen LogP contribution in [0.2, 0.25) is 0 Å². The number of rotatable bonds is 4. The molecule has 5 rings (SSSR count). The number of carbonyl (C=O) groups is 1. The predicted octanol–water partition coefficient (Wildman–Crippen LogP) is 2.97. The van der Waals surface area contributed by atoms with Gasteiger partial charge < -0.3 is 33.8 Å². The standard InChI is InChI=1S/C24H21NO8/c1-12-9-19-21(24(28)32-12)20(13-3-5-16(29-2)15(26)10-13)22(33-19)23(27)25-14-4-6-17-18(11-14)31-8-7-30-17/h3-6,9-11,20,22,26H,7-8H2,1-2H3,(H,25,27)/t20-,22+/m0/s1. The fourth-order valence-electron chi connectivity index (χ4n) is 4.11. The minimum absolute atomic E-state index is 0.119. The van der Waals surface area contributed by atoms with Gasteiger partial charge in [0, 0.05) is 17.8 Å². The van der Waals surface area contributed by atoms with Crippen LogP contribution in [0, 0.1) is 6.92 Å². The van der Waals surface area contributed by atoms with Gasteiger partial charge in [0.2, 0.25) is 0 Å². The van der Waals surface area contributed by atoms with Crippen molar-refractivity contribution in [2.45, 2.75) is 18.9 Å². The van der Waals surface area contributed by atoms with E-state index in [-0.39, 0.29) is 22.8 Å². The number of methoxy groups -OCH3 is 1. The minimum Gasteiger partial charge on any atom is -0.504 e. The van der Waals surface area contributed by atoms with E-state index in [1.165, 1.54) is 13.2 Å². The Hall–Kier alpha value is -4.14. The summed E-state index contributed by atoms with van der Waals surface area (Å²) in [7, 11) is 1.43. The Morgan fingerprint density at radius 1 is 1.06 bits per heavy atom. The number of carbonyl (C=O) groups excluding carboxylic acids is 1. The number of hydrogen-bond acceptors (Lipinski definition) is 8. The number of hydrogen-bond donors (Lipinski definition) is 2. The Morgan fingerprint density at radius 2 is 1.85 bits per heavy atom. The monoisotopic (exact) mass is 451 g/mol. The van der Waals surface area contributed by atoms with E-state index in [4.69, 9.17) is 23.4 Å². The number of phenols is 1. The summed E-state index contributed by atoms with van der Waals surface area (Å²) < 4.78 is 27.4. The van der Waals surface area contributed by atoms with Gasteiger partial charge in [0.25, 0.3) is 5.91 Å². The molecule has 0 bridgehead atoms. The lowest BCUT2D eigenvalue weighted by molar-refractivity contribution is -0.122. The Morgan fingerprint density at radius 3 is 2.61 bits per heavy atom. The smallest absolute Gasteiger partial charge is 0.343 e. The van der Waals surface area contributed by atoms with Gasteiger partial charge in [-0.1, -0.05) is 6.07 Å². The van der Waals surface area contributed by atoms with Crippen molar-refractivity contribution in [2.75, 3.05) is 25.6 Å². The van der Waals surface area contributed by atoms with Crippen molar-refractivity contribution in [1.29, 1.82) is 0 Å². The van der Waals surface area contributed by atoms with Crippen molar-refractivity contribution in [1.82, 2.24) is 0 Å². The van der Waals surface area contributed by atoms with Gasteiger partial charge in [-0.05, 0) is 36.8 Å². The van der Waals surface area contributed by atoms with Crippen molar-refractivity contribution in [2.24, 2.45) is 0 Å². The quantitative estimate of drug-likeness (QED) is 0.622. The summed E-state index contributed by atoms with van der Waals surface area (Å²) in [6.45, 7) is 2.51. The van der Waals surface area contributed by atoms with Crippen LogP contribution >= 0.6 is 0 Å². The lowest BCUT2D eigenvalue weighted by Crippen LogP contribution is -2.35. The molecule has 2 aromatic carbocycles. The largest absolute Gasteiger partial charge is 0.504 e. The second kappa shape index (κ2) is 8.09. The number of anilines is 1. The van der Waals surface area contributed by atoms with E-state index in [0.29, 0.717) is 41.7 Å². The lowest BCUT2D eigenvalue weighted by Gasteiger charge is -2.21. The molecule has 3 heterocycles. The third kappa shape index (κ3) is 3.71. The van der Waals surface area contributed by atoms with E-state index in [2.05, 4.69) is 5.32 Å². The van der Waals surface area contributed by atoms with Gasteiger partial charge >= 0.3 is 5.63 Å². The van der Waals surface area contributed by atoms with Crippen molar-refractivity contribution >= 4 is 11.6 Å². The maximum Gasteiger partial charge on any atom is 0.343 e. The van der Waals surface area contributed by atoms with Gasteiger partial charge in [-0.25, -0.2) is 4.79 Å². The molecule has 0 fully saturated rings. The van der Waals surface area contributed by atoms with Crippen molar-refractivity contribution in [3.05, 3.63) is 69.8 Å². The van der Waals surface area contributed by atoms with Crippen LogP contribution in [0.25, 0.3) is 0 Å². The summed E-state index contributed by atoms with van der Waals surface area (Å²) >= 11 is 0. The molecule has 3 aromatic rings. The van der Waals surface area contributed by atoms with Gasteiger partial charge in [0.05, 0.1) is 18.6 Å². The van der Waals surface area contributed by atoms with Gasteiger partial charge in [-0.15, -0.1) is 0 Å². The molecule has 0 unspecified atom stereocenters. The first kappa shape index (κ1) is 20.7. The molecule has 170 valence electrons. The molecule has 0 radical (unpaired) electrons. The summed E-state index contributed by atoms with van der Waals surface area (Å²) in [4.78, 5) is 26.0. The average Bonchev–Trinajstić information content (AvgIpc) is 3.19. The van der Waals surface area contributed by atoms with Gasteiger partial charge in [0.1, 0.15) is 24.7 Å². The molecule has 0 aliphatic carbocycles. The van der Waals surface area contributed by atoms with Crippen LogP contribution in [0.3, 0.4) is 0 Å². The van der Waals surface area contributed by atoms with Crippen LogP contribution in [0.5, 0.6) is 28.7 Å². The van der Waals surface area contributed by atoms with E-state index in [9.17, 15) is 14.7 Å². The zero-order valence-corrected chi connectivity index (χ0v) is 17.9. The maximum absolute atomic E-state index is 13.3. The zero-order valence-electron chi connectivity index (χ0n) is 17.9. The molecular weight excluding hydrogens is 430 g/mol. The van der Waals surface area contributed by atoms with Crippen molar-refractivity contribution in [3.63, 3.8) is 0 Å². The molecule has 1 aromatic heterocycles. The highest BCUT2D eigenvalue weighted by Crippen LogP contribution is 2.43. The summed E-state index contributed by atoms with van der Waals surface area (Å²) in [5, 5.41) is 13.1. The normalized spacial score (nSPS) is 18.2. The van der Waals surface area contributed by atoms with Crippen LogP contribution in [0.1, 0.15) is 22.8 Å².